The van der Waals surface area contributed by atoms with Gasteiger partial charge in [-0.2, -0.15) is 0 Å². The third-order valence-corrected chi connectivity index (χ3v) is 2.83. The van der Waals surface area contributed by atoms with E-state index >= 15 is 0 Å². The Hall–Kier alpha value is 0.0149. The lowest BCUT2D eigenvalue weighted by atomic mass is 9.90. The molecule has 0 radical (unpaired) electrons. The summed E-state index contributed by atoms with van der Waals surface area (Å²) in [6.45, 7) is 8.12. The average Bonchev–Trinajstić information content (AvgIpc) is 2.17. The predicted molar refractivity (Wildman–Crippen MR) is 55.9 cm³/mol. The van der Waals surface area contributed by atoms with Crippen LogP contribution in [0.1, 0.15) is 27.7 Å². The SMILES string of the molecule is CC1(C)OB(C=CCCl)OC1(C)C. The van der Waals surface area contributed by atoms with E-state index < -0.39 is 0 Å². The lowest BCUT2D eigenvalue weighted by Gasteiger charge is -2.32. The molecule has 0 aromatic rings. The zero-order valence-electron chi connectivity index (χ0n) is 8.63. The fourth-order valence-corrected chi connectivity index (χ4v) is 1.23. The number of hydrogen-bond acceptors (Lipinski definition) is 2. The second kappa shape index (κ2) is 3.64. The Morgan fingerprint density at radius 3 is 2.00 bits per heavy atom. The number of halogens is 1. The summed E-state index contributed by atoms with van der Waals surface area (Å²) in [6.07, 6.45) is 1.84. The highest BCUT2D eigenvalue weighted by Gasteiger charge is 2.49. The van der Waals surface area contributed by atoms with Crippen molar-refractivity contribution in [3.8, 4) is 0 Å². The maximum atomic E-state index is 5.70. The molecule has 1 saturated heterocycles. The van der Waals surface area contributed by atoms with Crippen LogP contribution in [0.15, 0.2) is 12.1 Å². The third kappa shape index (κ3) is 2.28. The molecule has 0 unspecified atom stereocenters. The maximum Gasteiger partial charge on any atom is 0.486 e. The molecule has 0 aromatic heterocycles. The normalized spacial score (nSPS) is 25.8. The fourth-order valence-electron chi connectivity index (χ4n) is 1.13. The summed E-state index contributed by atoms with van der Waals surface area (Å²) in [7, 11) is -0.260. The van der Waals surface area contributed by atoms with Crippen LogP contribution >= 0.6 is 11.6 Å². The van der Waals surface area contributed by atoms with Gasteiger partial charge in [-0.1, -0.05) is 12.1 Å². The van der Waals surface area contributed by atoms with Gasteiger partial charge in [0.1, 0.15) is 0 Å². The molecule has 1 aliphatic rings. The Morgan fingerprint density at radius 2 is 1.62 bits per heavy atom. The van der Waals surface area contributed by atoms with Crippen molar-refractivity contribution >= 4 is 18.7 Å². The largest absolute Gasteiger partial charge is 0.486 e. The summed E-state index contributed by atoms with van der Waals surface area (Å²) in [5.74, 6) is 2.34. The maximum absolute atomic E-state index is 5.70. The average molecular weight is 202 g/mol. The molecule has 0 bridgehead atoms. The number of alkyl halides is 1. The van der Waals surface area contributed by atoms with Crippen LogP contribution in [0.4, 0.5) is 0 Å². The summed E-state index contributed by atoms with van der Waals surface area (Å²) in [5, 5.41) is 0. The predicted octanol–water partition coefficient (Wildman–Crippen LogP) is 2.41. The molecular formula is C9H16BClO2. The van der Waals surface area contributed by atoms with Gasteiger partial charge in [0.15, 0.2) is 0 Å². The van der Waals surface area contributed by atoms with Gasteiger partial charge in [0, 0.05) is 5.88 Å². The molecule has 0 spiro atoms. The van der Waals surface area contributed by atoms with Crippen molar-refractivity contribution in [1.82, 2.24) is 0 Å². The van der Waals surface area contributed by atoms with E-state index in [-0.39, 0.29) is 18.3 Å². The number of allylic oxidation sites excluding steroid dienone is 1. The van der Waals surface area contributed by atoms with E-state index in [1.807, 2.05) is 39.7 Å². The zero-order valence-corrected chi connectivity index (χ0v) is 9.39. The van der Waals surface area contributed by atoms with E-state index in [2.05, 4.69) is 0 Å². The Balaban J connectivity index is 2.65. The van der Waals surface area contributed by atoms with Crippen LogP contribution in [-0.2, 0) is 9.31 Å². The Labute approximate surface area is 85.4 Å². The first kappa shape index (κ1) is 11.1. The van der Waals surface area contributed by atoms with Crippen molar-refractivity contribution in [2.24, 2.45) is 0 Å². The highest BCUT2D eigenvalue weighted by Crippen LogP contribution is 2.36. The van der Waals surface area contributed by atoms with Crippen LogP contribution in [0, 0.1) is 0 Å². The first-order valence-electron chi connectivity index (χ1n) is 4.47. The molecule has 1 aliphatic heterocycles. The van der Waals surface area contributed by atoms with Crippen molar-refractivity contribution in [3.63, 3.8) is 0 Å². The first-order valence-corrected chi connectivity index (χ1v) is 5.01. The molecule has 1 rings (SSSR count). The minimum atomic E-state index is -0.260. The molecule has 0 saturated carbocycles. The van der Waals surface area contributed by atoms with Crippen LogP contribution in [0.5, 0.6) is 0 Å². The monoisotopic (exact) mass is 202 g/mol. The molecule has 0 aliphatic carbocycles. The molecular weight excluding hydrogens is 186 g/mol. The van der Waals surface area contributed by atoms with E-state index in [0.717, 1.165) is 0 Å². The molecule has 1 fully saturated rings. The van der Waals surface area contributed by atoms with Gasteiger partial charge in [0.2, 0.25) is 0 Å². The summed E-state index contributed by atoms with van der Waals surface area (Å²) < 4.78 is 11.4. The third-order valence-electron chi connectivity index (χ3n) is 2.65. The Morgan fingerprint density at radius 1 is 1.15 bits per heavy atom. The van der Waals surface area contributed by atoms with Crippen molar-refractivity contribution in [3.05, 3.63) is 12.1 Å². The zero-order chi connectivity index (χ0) is 10.1. The second-order valence-electron chi connectivity index (χ2n) is 4.21. The minimum absolute atomic E-state index is 0.256. The molecule has 0 N–H and O–H groups in total. The van der Waals surface area contributed by atoms with Crippen molar-refractivity contribution < 1.29 is 9.31 Å². The molecule has 1 heterocycles. The Bertz CT molecular complexity index is 198. The van der Waals surface area contributed by atoms with Crippen LogP contribution in [0.3, 0.4) is 0 Å². The van der Waals surface area contributed by atoms with E-state index in [1.54, 1.807) is 0 Å². The second-order valence-corrected chi connectivity index (χ2v) is 4.52. The van der Waals surface area contributed by atoms with Gasteiger partial charge >= 0.3 is 7.12 Å². The standard InChI is InChI=1S/C9H16BClO2/c1-8(2)9(3,4)13-10(12-8)6-5-7-11/h5-6H,7H2,1-4H3. The lowest BCUT2D eigenvalue weighted by Crippen LogP contribution is -2.41. The van der Waals surface area contributed by atoms with E-state index in [1.165, 1.54) is 0 Å². The first-order chi connectivity index (χ1) is 5.89. The molecule has 0 aromatic carbocycles. The molecule has 4 heteroatoms. The van der Waals surface area contributed by atoms with Gasteiger partial charge in [0.25, 0.3) is 0 Å². The van der Waals surface area contributed by atoms with E-state index in [0.29, 0.717) is 5.88 Å². The summed E-state index contributed by atoms with van der Waals surface area (Å²) in [5.41, 5.74) is -0.511. The quantitative estimate of drug-likeness (QED) is 0.506. The van der Waals surface area contributed by atoms with Gasteiger partial charge in [-0.05, 0) is 27.7 Å². The van der Waals surface area contributed by atoms with Gasteiger partial charge in [0.05, 0.1) is 11.2 Å². The molecule has 74 valence electrons. The minimum Gasteiger partial charge on any atom is -0.400 e. The summed E-state index contributed by atoms with van der Waals surface area (Å²) in [6, 6.07) is 0. The smallest absolute Gasteiger partial charge is 0.400 e. The summed E-state index contributed by atoms with van der Waals surface area (Å²) in [4.78, 5) is 0. The van der Waals surface area contributed by atoms with Crippen molar-refractivity contribution in [1.29, 1.82) is 0 Å². The van der Waals surface area contributed by atoms with Crippen LogP contribution in [0.2, 0.25) is 0 Å². The van der Waals surface area contributed by atoms with Crippen LogP contribution in [0.25, 0.3) is 0 Å². The molecule has 0 atom stereocenters. The topological polar surface area (TPSA) is 18.5 Å². The van der Waals surface area contributed by atoms with Gasteiger partial charge in [-0.3, -0.25) is 0 Å². The van der Waals surface area contributed by atoms with Gasteiger partial charge in [-0.25, -0.2) is 0 Å². The van der Waals surface area contributed by atoms with Gasteiger partial charge in [-0.15, -0.1) is 11.6 Å². The van der Waals surface area contributed by atoms with E-state index in [4.69, 9.17) is 20.9 Å². The van der Waals surface area contributed by atoms with Gasteiger partial charge < -0.3 is 9.31 Å². The molecule has 13 heavy (non-hydrogen) atoms. The molecule has 0 amide bonds. The fraction of sp³-hybridized carbons (Fsp3) is 0.778. The van der Waals surface area contributed by atoms with Crippen LogP contribution in [-0.4, -0.2) is 24.2 Å². The Kier molecular flexibility index (Phi) is 3.10. The summed E-state index contributed by atoms with van der Waals surface area (Å²) >= 11 is 5.52. The highest BCUT2D eigenvalue weighted by atomic mass is 35.5. The van der Waals surface area contributed by atoms with E-state index in [9.17, 15) is 0 Å². The number of hydrogen-bond donors (Lipinski definition) is 0. The van der Waals surface area contributed by atoms with Crippen molar-refractivity contribution in [2.75, 3.05) is 5.88 Å². The molecule has 2 nitrogen and oxygen atoms in total. The van der Waals surface area contributed by atoms with Crippen LogP contribution < -0.4 is 0 Å². The number of rotatable bonds is 2. The van der Waals surface area contributed by atoms with Crippen molar-refractivity contribution in [2.45, 2.75) is 38.9 Å². The lowest BCUT2D eigenvalue weighted by molar-refractivity contribution is 0.00578. The highest BCUT2D eigenvalue weighted by molar-refractivity contribution is 6.51.